The molecule has 3 heterocycles. The molecule has 1 aromatic carbocycles. The molecule has 0 spiro atoms. The minimum atomic E-state index is -0.845. The molecule has 10 heteroatoms. The summed E-state index contributed by atoms with van der Waals surface area (Å²) in [7, 11) is 0. The molecule has 10 nitrogen and oxygen atoms in total. The first-order valence-electron chi connectivity index (χ1n) is 10.4. The number of amidine groups is 1. The van der Waals surface area contributed by atoms with E-state index in [0.717, 1.165) is 5.56 Å². The number of nitrogens with one attached hydrogen (secondary N) is 3. The number of carbonyl (C=O) groups excluding carboxylic acids is 3. The zero-order chi connectivity index (χ0) is 23.5. The Morgan fingerprint density at radius 1 is 1.21 bits per heavy atom. The van der Waals surface area contributed by atoms with E-state index in [-0.39, 0.29) is 30.8 Å². The number of imidazole rings is 1. The fourth-order valence-electron chi connectivity index (χ4n) is 3.57. The zero-order valence-corrected chi connectivity index (χ0v) is 18.3. The van der Waals surface area contributed by atoms with Gasteiger partial charge in [-0.05, 0) is 30.7 Å². The fourth-order valence-corrected chi connectivity index (χ4v) is 3.57. The molecule has 4 rings (SSSR count). The average Bonchev–Trinajstić information content (AvgIpc) is 3.25. The number of rotatable bonds is 4. The molecule has 0 radical (unpaired) electrons. The number of pyridine rings is 1. The van der Waals surface area contributed by atoms with Gasteiger partial charge < -0.3 is 20.3 Å². The number of amides is 3. The summed E-state index contributed by atoms with van der Waals surface area (Å²) in [6, 6.07) is 10.5. The van der Waals surface area contributed by atoms with Crippen LogP contribution in [-0.4, -0.2) is 63.6 Å². The smallest absolute Gasteiger partial charge is 0.274 e. The molecule has 1 unspecified atom stereocenters. The van der Waals surface area contributed by atoms with Crippen molar-refractivity contribution in [3.8, 4) is 0 Å². The van der Waals surface area contributed by atoms with E-state index in [2.05, 4.69) is 15.6 Å². The number of fused-ring (bicyclic) bond motifs is 1. The minimum Gasteiger partial charge on any atom is -0.365 e. The molecule has 0 bridgehead atoms. The number of aromatic nitrogens is 2. The van der Waals surface area contributed by atoms with Crippen LogP contribution in [0.25, 0.3) is 5.65 Å². The molecular weight excluding hydrogens is 424 g/mol. The lowest BCUT2D eigenvalue weighted by Gasteiger charge is -2.31. The van der Waals surface area contributed by atoms with Crippen LogP contribution in [0.1, 0.15) is 28.5 Å². The molecular formula is C23H24N6O4. The Bertz CT molecular complexity index is 1250. The second kappa shape index (κ2) is 9.21. The van der Waals surface area contributed by atoms with Gasteiger partial charge in [-0.15, -0.1) is 0 Å². The van der Waals surface area contributed by atoms with Gasteiger partial charge in [0.05, 0.1) is 19.3 Å². The number of carbonyl (C=O) groups is 3. The van der Waals surface area contributed by atoms with Crippen LogP contribution in [-0.2, 0) is 14.3 Å². The summed E-state index contributed by atoms with van der Waals surface area (Å²) < 4.78 is 7.15. The monoisotopic (exact) mass is 448 g/mol. The number of aryl methyl sites for hydroxylation is 1. The Morgan fingerprint density at radius 3 is 2.82 bits per heavy atom. The highest BCUT2D eigenvalue weighted by molar-refractivity contribution is 6.09. The van der Waals surface area contributed by atoms with E-state index in [1.165, 1.54) is 18.0 Å². The number of morpholine rings is 1. The van der Waals surface area contributed by atoms with E-state index < -0.39 is 12.0 Å². The van der Waals surface area contributed by atoms with E-state index in [9.17, 15) is 14.4 Å². The number of hydrogen-bond donors (Lipinski definition) is 3. The maximum absolute atomic E-state index is 12.8. The maximum Gasteiger partial charge on any atom is 0.274 e. The van der Waals surface area contributed by atoms with Crippen molar-refractivity contribution in [3.05, 3.63) is 65.6 Å². The van der Waals surface area contributed by atoms with Crippen molar-refractivity contribution in [3.63, 3.8) is 0 Å². The summed E-state index contributed by atoms with van der Waals surface area (Å²) in [6.07, 6.45) is 2.41. The summed E-state index contributed by atoms with van der Waals surface area (Å²) in [5.41, 5.74) is 2.77. The third-order valence-corrected chi connectivity index (χ3v) is 5.48. The summed E-state index contributed by atoms with van der Waals surface area (Å²) in [5.74, 6) is -1.10. The van der Waals surface area contributed by atoms with Gasteiger partial charge >= 0.3 is 0 Å². The molecule has 1 saturated heterocycles. The highest BCUT2D eigenvalue weighted by atomic mass is 16.5. The van der Waals surface area contributed by atoms with Crippen LogP contribution in [0.3, 0.4) is 0 Å². The normalized spacial score (nSPS) is 15.8. The van der Waals surface area contributed by atoms with Gasteiger partial charge in [0, 0.05) is 30.9 Å². The minimum absolute atomic E-state index is 0.129. The van der Waals surface area contributed by atoms with Gasteiger partial charge in [0.2, 0.25) is 5.91 Å². The number of nitrogens with zero attached hydrogens (tertiary/aromatic N) is 3. The van der Waals surface area contributed by atoms with Crippen LogP contribution < -0.4 is 10.6 Å². The molecule has 3 N–H and O–H groups in total. The van der Waals surface area contributed by atoms with E-state index in [0.29, 0.717) is 29.1 Å². The van der Waals surface area contributed by atoms with Crippen molar-refractivity contribution in [2.45, 2.75) is 20.0 Å². The standard InChI is InChI=1S/C23H24N6O4/c1-14-6-7-16(21(24)27-23(32)19-13-28(15(2)30)9-10-33-19)11-17(14)26-22(31)18-12-25-20-5-3-4-8-29(18)20/h3-8,11-12,19H,9-10,13H2,1-2H3,(H,26,31)(H2,24,27,32). The molecule has 1 fully saturated rings. The molecule has 0 aliphatic carbocycles. The fraction of sp³-hybridized carbons (Fsp3) is 0.261. The lowest BCUT2D eigenvalue weighted by atomic mass is 10.1. The number of hydrogen-bond acceptors (Lipinski definition) is 6. The van der Waals surface area contributed by atoms with E-state index in [1.807, 2.05) is 19.1 Å². The predicted molar refractivity (Wildman–Crippen MR) is 121 cm³/mol. The lowest BCUT2D eigenvalue weighted by Crippen LogP contribution is -2.52. The van der Waals surface area contributed by atoms with Crippen molar-refractivity contribution >= 4 is 34.9 Å². The molecule has 3 amide bonds. The van der Waals surface area contributed by atoms with E-state index >= 15 is 0 Å². The molecule has 1 atom stereocenters. The Kier molecular flexibility index (Phi) is 6.18. The predicted octanol–water partition coefficient (Wildman–Crippen LogP) is 1.58. The topological polar surface area (TPSA) is 129 Å². The highest BCUT2D eigenvalue weighted by Crippen LogP contribution is 2.19. The maximum atomic E-state index is 12.8. The van der Waals surface area contributed by atoms with Gasteiger partial charge in [0.1, 0.15) is 17.2 Å². The quantitative estimate of drug-likeness (QED) is 0.412. The van der Waals surface area contributed by atoms with Crippen LogP contribution in [0.5, 0.6) is 0 Å². The van der Waals surface area contributed by atoms with Crippen LogP contribution in [0.4, 0.5) is 5.69 Å². The number of ether oxygens (including phenoxy) is 1. The molecule has 1 aliphatic heterocycles. The molecule has 2 aromatic heterocycles. The molecule has 3 aromatic rings. The third kappa shape index (κ3) is 4.75. The molecule has 170 valence electrons. The Labute approximate surface area is 190 Å². The summed E-state index contributed by atoms with van der Waals surface area (Å²) in [4.78, 5) is 42.8. The van der Waals surface area contributed by atoms with Gasteiger partial charge in [0.25, 0.3) is 11.8 Å². The number of benzene rings is 1. The first kappa shape index (κ1) is 22.2. The molecule has 33 heavy (non-hydrogen) atoms. The zero-order valence-electron chi connectivity index (χ0n) is 18.3. The SMILES string of the molecule is CC(=O)N1CCOC(C(=O)NC(=N)c2ccc(C)c(NC(=O)c3cnc4ccccn34)c2)C1. The van der Waals surface area contributed by atoms with Gasteiger partial charge in [-0.1, -0.05) is 18.2 Å². The number of anilines is 1. The second-order valence-electron chi connectivity index (χ2n) is 7.74. The average molecular weight is 448 g/mol. The Hall–Kier alpha value is -4.05. The van der Waals surface area contributed by atoms with Gasteiger partial charge in [-0.3, -0.25) is 24.2 Å². The summed E-state index contributed by atoms with van der Waals surface area (Å²) in [6.45, 7) is 4.11. The van der Waals surface area contributed by atoms with Gasteiger partial charge in [-0.2, -0.15) is 0 Å². The van der Waals surface area contributed by atoms with Crippen LogP contribution in [0.2, 0.25) is 0 Å². The highest BCUT2D eigenvalue weighted by Gasteiger charge is 2.28. The van der Waals surface area contributed by atoms with Crippen LogP contribution in [0, 0.1) is 12.3 Å². The Balaban J connectivity index is 1.46. The van der Waals surface area contributed by atoms with E-state index in [1.54, 1.807) is 34.9 Å². The third-order valence-electron chi connectivity index (χ3n) is 5.48. The van der Waals surface area contributed by atoms with Crippen molar-refractivity contribution < 1.29 is 19.1 Å². The molecule has 0 saturated carbocycles. The van der Waals surface area contributed by atoms with Crippen molar-refractivity contribution in [1.29, 1.82) is 5.41 Å². The van der Waals surface area contributed by atoms with Gasteiger partial charge in [0.15, 0.2) is 6.10 Å². The Morgan fingerprint density at radius 2 is 2.03 bits per heavy atom. The lowest BCUT2D eigenvalue weighted by molar-refractivity contribution is -0.145. The summed E-state index contributed by atoms with van der Waals surface area (Å²) >= 11 is 0. The first-order valence-corrected chi connectivity index (χ1v) is 10.4. The van der Waals surface area contributed by atoms with Crippen LogP contribution >= 0.6 is 0 Å². The van der Waals surface area contributed by atoms with Crippen LogP contribution in [0.15, 0.2) is 48.8 Å². The van der Waals surface area contributed by atoms with E-state index in [4.69, 9.17) is 10.1 Å². The molecule has 1 aliphatic rings. The van der Waals surface area contributed by atoms with Gasteiger partial charge in [-0.25, -0.2) is 4.98 Å². The first-order chi connectivity index (χ1) is 15.8. The van der Waals surface area contributed by atoms with Crippen molar-refractivity contribution in [1.82, 2.24) is 19.6 Å². The summed E-state index contributed by atoms with van der Waals surface area (Å²) in [5, 5.41) is 13.7. The van der Waals surface area contributed by atoms with Crippen molar-refractivity contribution in [2.75, 3.05) is 25.0 Å². The largest absolute Gasteiger partial charge is 0.365 e. The second-order valence-corrected chi connectivity index (χ2v) is 7.74. The van der Waals surface area contributed by atoms with Crippen molar-refractivity contribution in [2.24, 2.45) is 0 Å².